The molecule has 21 heavy (non-hydrogen) atoms. The van der Waals surface area contributed by atoms with Gasteiger partial charge in [0.25, 0.3) is 0 Å². The Morgan fingerprint density at radius 2 is 1.43 bits per heavy atom. The molecule has 0 heterocycles. The fraction of sp³-hybridized carbons (Fsp3) is 0.222. The number of methoxy groups -OCH3 is 1. The van der Waals surface area contributed by atoms with Crippen LogP contribution in [0.1, 0.15) is 21.8 Å². The number of esters is 1. The number of ether oxygens (including phenoxy) is 1. The summed E-state index contributed by atoms with van der Waals surface area (Å²) in [5, 5.41) is 0. The number of benzene rings is 2. The Balaban J connectivity index is 1.90. The van der Waals surface area contributed by atoms with Crippen LogP contribution in [0.15, 0.2) is 60.7 Å². The average Bonchev–Trinajstić information content (AvgIpc) is 3.30. The summed E-state index contributed by atoms with van der Waals surface area (Å²) in [5.41, 5.74) is 1.66. The number of Topliss-reactive ketones (excluding diaryl/α,β-unsaturated/α-hetero) is 1. The Bertz CT molecular complexity index is 649. The maximum absolute atomic E-state index is 12.6. The summed E-state index contributed by atoms with van der Waals surface area (Å²) in [5.74, 6) is -1.06. The van der Waals surface area contributed by atoms with Gasteiger partial charge < -0.3 is 4.74 Å². The predicted molar refractivity (Wildman–Crippen MR) is 79.0 cm³/mol. The van der Waals surface area contributed by atoms with E-state index >= 15 is 0 Å². The Morgan fingerprint density at radius 1 is 0.857 bits per heavy atom. The summed E-state index contributed by atoms with van der Waals surface area (Å²) >= 11 is 0. The van der Waals surface area contributed by atoms with Gasteiger partial charge in [-0.3, -0.25) is 9.59 Å². The van der Waals surface area contributed by atoms with Crippen LogP contribution >= 0.6 is 0 Å². The van der Waals surface area contributed by atoms with Crippen molar-refractivity contribution in [1.29, 1.82) is 0 Å². The first kappa shape index (κ1) is 13.6. The van der Waals surface area contributed by atoms with E-state index in [9.17, 15) is 9.59 Å². The third kappa shape index (κ3) is 2.47. The van der Waals surface area contributed by atoms with Gasteiger partial charge in [0, 0.05) is 17.4 Å². The fourth-order valence-electron chi connectivity index (χ4n) is 2.95. The molecule has 1 aliphatic rings. The minimum Gasteiger partial charge on any atom is -0.469 e. The lowest BCUT2D eigenvalue weighted by molar-refractivity contribution is -0.142. The zero-order valence-electron chi connectivity index (χ0n) is 11.7. The lowest BCUT2D eigenvalue weighted by atomic mass is 10.0. The zero-order valence-corrected chi connectivity index (χ0v) is 11.7. The van der Waals surface area contributed by atoms with Gasteiger partial charge in [-0.2, -0.15) is 0 Å². The summed E-state index contributed by atoms with van der Waals surface area (Å²) < 4.78 is 4.85. The minimum atomic E-state index is -0.370. The third-order valence-electron chi connectivity index (χ3n) is 4.04. The third-order valence-corrected chi connectivity index (χ3v) is 4.04. The largest absolute Gasteiger partial charge is 0.469 e. The van der Waals surface area contributed by atoms with E-state index in [0.717, 1.165) is 5.56 Å². The number of carbonyl (C=O) groups excluding carboxylic acids is 2. The second-order valence-electron chi connectivity index (χ2n) is 5.24. The lowest BCUT2D eigenvalue weighted by Crippen LogP contribution is -2.10. The maximum Gasteiger partial charge on any atom is 0.310 e. The van der Waals surface area contributed by atoms with Gasteiger partial charge in [-0.05, 0) is 5.56 Å². The molecule has 0 spiro atoms. The minimum absolute atomic E-state index is 0.0138. The molecule has 0 N–H and O–H groups in total. The molecule has 3 heteroatoms. The molecule has 0 unspecified atom stereocenters. The van der Waals surface area contributed by atoms with E-state index < -0.39 is 0 Å². The Hall–Kier alpha value is -2.42. The summed E-state index contributed by atoms with van der Waals surface area (Å²) in [6, 6.07) is 18.8. The SMILES string of the molecule is COC(=O)[C@@H]1[C@@H](C(=O)c2ccccc2)[C@H]1c1ccccc1. The highest BCUT2D eigenvalue weighted by atomic mass is 16.5. The van der Waals surface area contributed by atoms with Gasteiger partial charge in [-0.15, -0.1) is 0 Å². The van der Waals surface area contributed by atoms with E-state index in [4.69, 9.17) is 4.74 Å². The molecule has 0 saturated heterocycles. The molecule has 0 bridgehead atoms. The van der Waals surface area contributed by atoms with Crippen molar-refractivity contribution in [1.82, 2.24) is 0 Å². The zero-order chi connectivity index (χ0) is 14.8. The van der Waals surface area contributed by atoms with Gasteiger partial charge in [-0.1, -0.05) is 60.7 Å². The molecule has 0 aromatic heterocycles. The quantitative estimate of drug-likeness (QED) is 0.638. The van der Waals surface area contributed by atoms with Gasteiger partial charge in [-0.25, -0.2) is 0 Å². The van der Waals surface area contributed by atoms with Crippen molar-refractivity contribution in [2.45, 2.75) is 5.92 Å². The molecular weight excluding hydrogens is 264 g/mol. The van der Waals surface area contributed by atoms with Crippen molar-refractivity contribution in [3.8, 4) is 0 Å². The Morgan fingerprint density at radius 3 is 2.00 bits per heavy atom. The van der Waals surface area contributed by atoms with E-state index in [-0.39, 0.29) is 29.5 Å². The molecule has 0 amide bonds. The first-order valence-electron chi connectivity index (χ1n) is 6.96. The van der Waals surface area contributed by atoms with Crippen molar-refractivity contribution in [3.63, 3.8) is 0 Å². The van der Waals surface area contributed by atoms with Crippen LogP contribution in [-0.4, -0.2) is 18.9 Å². The summed E-state index contributed by atoms with van der Waals surface area (Å²) in [4.78, 5) is 24.5. The van der Waals surface area contributed by atoms with E-state index in [0.29, 0.717) is 5.56 Å². The van der Waals surface area contributed by atoms with E-state index in [1.54, 1.807) is 12.1 Å². The number of rotatable bonds is 4. The highest BCUT2D eigenvalue weighted by Gasteiger charge is 2.60. The molecule has 0 radical (unpaired) electrons. The summed E-state index contributed by atoms with van der Waals surface area (Å²) in [6.07, 6.45) is 0. The normalized spacial score (nSPS) is 23.4. The fourth-order valence-corrected chi connectivity index (χ4v) is 2.95. The summed E-state index contributed by atoms with van der Waals surface area (Å²) in [6.45, 7) is 0. The van der Waals surface area contributed by atoms with Crippen LogP contribution < -0.4 is 0 Å². The summed E-state index contributed by atoms with van der Waals surface area (Å²) in [7, 11) is 1.37. The predicted octanol–water partition coefficient (Wildman–Crippen LogP) is 3.07. The molecule has 0 aliphatic heterocycles. The monoisotopic (exact) mass is 280 g/mol. The number of hydrogen-bond acceptors (Lipinski definition) is 3. The van der Waals surface area contributed by atoms with E-state index in [2.05, 4.69) is 0 Å². The van der Waals surface area contributed by atoms with Crippen molar-refractivity contribution in [2.24, 2.45) is 11.8 Å². The van der Waals surface area contributed by atoms with Gasteiger partial charge in [0.05, 0.1) is 13.0 Å². The van der Waals surface area contributed by atoms with Crippen LogP contribution in [0.4, 0.5) is 0 Å². The van der Waals surface area contributed by atoms with Crippen molar-refractivity contribution < 1.29 is 14.3 Å². The second-order valence-corrected chi connectivity index (χ2v) is 5.24. The molecule has 2 aromatic rings. The van der Waals surface area contributed by atoms with Crippen LogP contribution in [0.3, 0.4) is 0 Å². The second kappa shape index (κ2) is 5.52. The molecule has 106 valence electrons. The van der Waals surface area contributed by atoms with Crippen molar-refractivity contribution in [2.75, 3.05) is 7.11 Å². The highest BCUT2D eigenvalue weighted by molar-refractivity contribution is 6.04. The van der Waals surface area contributed by atoms with E-state index in [1.165, 1.54) is 7.11 Å². The van der Waals surface area contributed by atoms with Crippen molar-refractivity contribution >= 4 is 11.8 Å². The number of ketones is 1. The molecule has 3 nitrogen and oxygen atoms in total. The molecule has 1 aliphatic carbocycles. The lowest BCUT2D eigenvalue weighted by Gasteiger charge is -2.00. The van der Waals surface area contributed by atoms with Gasteiger partial charge in [0.1, 0.15) is 0 Å². The van der Waals surface area contributed by atoms with Gasteiger partial charge in [0.2, 0.25) is 0 Å². The molecule has 3 atom stereocenters. The first-order valence-corrected chi connectivity index (χ1v) is 6.96. The topological polar surface area (TPSA) is 43.4 Å². The Labute approximate surface area is 123 Å². The smallest absolute Gasteiger partial charge is 0.310 e. The van der Waals surface area contributed by atoms with Gasteiger partial charge >= 0.3 is 5.97 Å². The molecule has 2 aromatic carbocycles. The molecule has 1 fully saturated rings. The molecular formula is C18H16O3. The van der Waals surface area contributed by atoms with E-state index in [1.807, 2.05) is 48.5 Å². The van der Waals surface area contributed by atoms with Crippen LogP contribution in [0.5, 0.6) is 0 Å². The van der Waals surface area contributed by atoms with Crippen LogP contribution in [0.2, 0.25) is 0 Å². The average molecular weight is 280 g/mol. The van der Waals surface area contributed by atoms with Crippen LogP contribution in [-0.2, 0) is 9.53 Å². The highest BCUT2D eigenvalue weighted by Crippen LogP contribution is 2.55. The Kier molecular flexibility index (Phi) is 3.57. The van der Waals surface area contributed by atoms with Gasteiger partial charge in [0.15, 0.2) is 5.78 Å². The van der Waals surface area contributed by atoms with Crippen LogP contribution in [0, 0.1) is 11.8 Å². The first-order chi connectivity index (χ1) is 10.2. The van der Waals surface area contributed by atoms with Crippen LogP contribution in [0.25, 0.3) is 0 Å². The van der Waals surface area contributed by atoms with Crippen molar-refractivity contribution in [3.05, 3.63) is 71.8 Å². The number of carbonyl (C=O) groups is 2. The standard InChI is InChI=1S/C18H16O3/c1-21-18(20)16-14(12-8-4-2-5-9-12)15(16)17(19)13-10-6-3-7-11-13/h2-11,14-16H,1H3/t14-,15+,16+/m1/s1. The molecule has 1 saturated carbocycles. The number of hydrogen-bond donors (Lipinski definition) is 0. The maximum atomic E-state index is 12.6. The molecule has 3 rings (SSSR count).